The molecule has 5 rings (SSSR count). The molecule has 0 heterocycles. The summed E-state index contributed by atoms with van der Waals surface area (Å²) in [6.45, 7) is 1.94. The van der Waals surface area contributed by atoms with Crippen molar-refractivity contribution >= 4 is 0 Å². The summed E-state index contributed by atoms with van der Waals surface area (Å²) in [4.78, 5) is 0. The minimum atomic E-state index is 0.0712. The first-order chi connectivity index (χ1) is 19.2. The van der Waals surface area contributed by atoms with E-state index in [1.54, 1.807) is 7.11 Å². The Morgan fingerprint density at radius 2 is 1.26 bits per heavy atom. The lowest BCUT2D eigenvalue weighted by Gasteiger charge is -2.35. The van der Waals surface area contributed by atoms with Gasteiger partial charge in [0.15, 0.2) is 0 Å². The fourth-order valence-electron chi connectivity index (χ4n) is 5.31. The lowest BCUT2D eigenvalue weighted by Crippen LogP contribution is -2.36. The smallest absolute Gasteiger partial charge is 0.123 e. The molecule has 4 aromatic carbocycles. The monoisotopic (exact) mass is 522 g/mol. The Labute approximate surface area is 232 Å². The van der Waals surface area contributed by atoms with Gasteiger partial charge in [-0.05, 0) is 59.2 Å². The predicted octanol–water partition coefficient (Wildman–Crippen LogP) is 7.64. The molecule has 1 aliphatic rings. The third-order valence-electron chi connectivity index (χ3n) is 7.33. The van der Waals surface area contributed by atoms with Crippen molar-refractivity contribution in [3.8, 4) is 11.5 Å². The molecule has 0 aromatic heterocycles. The Morgan fingerprint density at radius 1 is 0.615 bits per heavy atom. The molecule has 0 spiro atoms. The van der Waals surface area contributed by atoms with Crippen LogP contribution in [0.3, 0.4) is 0 Å². The fraction of sp³-hybridized carbons (Fsp3) is 0.314. The zero-order valence-corrected chi connectivity index (χ0v) is 22.7. The Balaban J connectivity index is 1.25. The third-order valence-corrected chi connectivity index (χ3v) is 7.33. The van der Waals surface area contributed by atoms with Crippen LogP contribution in [0.5, 0.6) is 11.5 Å². The van der Waals surface area contributed by atoms with Crippen LogP contribution in [0, 0.1) is 5.92 Å². The molecule has 0 N–H and O–H groups in total. The standard InChI is InChI=1S/C35H38O4/c1-36-32-18-16-27(17-19-32)20-31-14-8-9-15-35(31)39-34-22-30(25-37-24-28-10-4-2-5-11-28)21-33(23-34)38-26-29-12-6-3-7-13-29/h2-19,30,33-34H,20-26H2,1H3. The molecular weight excluding hydrogens is 484 g/mol. The van der Waals surface area contributed by atoms with Crippen molar-refractivity contribution in [3.63, 3.8) is 0 Å². The first kappa shape index (κ1) is 27.0. The maximum Gasteiger partial charge on any atom is 0.123 e. The van der Waals surface area contributed by atoms with Crippen LogP contribution in [-0.2, 0) is 29.1 Å². The summed E-state index contributed by atoms with van der Waals surface area (Å²) >= 11 is 0. The van der Waals surface area contributed by atoms with Gasteiger partial charge in [-0.2, -0.15) is 0 Å². The Morgan fingerprint density at radius 3 is 1.97 bits per heavy atom. The van der Waals surface area contributed by atoms with E-state index >= 15 is 0 Å². The molecule has 3 unspecified atom stereocenters. The van der Waals surface area contributed by atoms with Crippen molar-refractivity contribution in [2.24, 2.45) is 5.92 Å². The van der Waals surface area contributed by atoms with Crippen LogP contribution < -0.4 is 9.47 Å². The molecular formula is C35H38O4. The summed E-state index contributed by atoms with van der Waals surface area (Å²) in [7, 11) is 1.69. The summed E-state index contributed by atoms with van der Waals surface area (Å²) in [5.74, 6) is 2.19. The minimum absolute atomic E-state index is 0.0712. The first-order valence-electron chi connectivity index (χ1n) is 13.9. The second-order valence-electron chi connectivity index (χ2n) is 10.4. The van der Waals surface area contributed by atoms with Crippen molar-refractivity contribution in [2.75, 3.05) is 13.7 Å². The highest BCUT2D eigenvalue weighted by molar-refractivity contribution is 5.39. The molecule has 1 fully saturated rings. The van der Waals surface area contributed by atoms with Crippen molar-refractivity contribution in [2.45, 2.75) is 51.1 Å². The predicted molar refractivity (Wildman–Crippen MR) is 155 cm³/mol. The molecule has 4 aromatic rings. The largest absolute Gasteiger partial charge is 0.497 e. The topological polar surface area (TPSA) is 36.9 Å². The van der Waals surface area contributed by atoms with Crippen molar-refractivity contribution in [1.29, 1.82) is 0 Å². The van der Waals surface area contributed by atoms with Gasteiger partial charge in [0, 0.05) is 12.8 Å². The molecule has 39 heavy (non-hydrogen) atoms. The van der Waals surface area contributed by atoms with Crippen LogP contribution in [0.2, 0.25) is 0 Å². The molecule has 202 valence electrons. The molecule has 0 radical (unpaired) electrons. The van der Waals surface area contributed by atoms with E-state index in [1.165, 1.54) is 22.3 Å². The maximum absolute atomic E-state index is 6.72. The third kappa shape index (κ3) is 8.19. The molecule has 0 amide bonds. The molecule has 3 atom stereocenters. The van der Waals surface area contributed by atoms with Gasteiger partial charge in [-0.1, -0.05) is 91.0 Å². The van der Waals surface area contributed by atoms with Crippen LogP contribution in [0.25, 0.3) is 0 Å². The summed E-state index contributed by atoms with van der Waals surface area (Å²) in [5, 5.41) is 0. The zero-order valence-electron chi connectivity index (χ0n) is 22.7. The highest BCUT2D eigenvalue weighted by atomic mass is 16.5. The summed E-state index contributed by atoms with van der Waals surface area (Å²) in [5.41, 5.74) is 4.81. The number of benzene rings is 4. The quantitative estimate of drug-likeness (QED) is 0.192. The van der Waals surface area contributed by atoms with Gasteiger partial charge < -0.3 is 18.9 Å². The van der Waals surface area contributed by atoms with Crippen molar-refractivity contribution in [3.05, 3.63) is 131 Å². The highest BCUT2D eigenvalue weighted by Gasteiger charge is 2.31. The van der Waals surface area contributed by atoms with Gasteiger partial charge in [-0.15, -0.1) is 0 Å². The Kier molecular flexibility index (Phi) is 9.67. The van der Waals surface area contributed by atoms with E-state index in [2.05, 4.69) is 84.9 Å². The van der Waals surface area contributed by atoms with E-state index in [0.717, 1.165) is 37.2 Å². The fourth-order valence-corrected chi connectivity index (χ4v) is 5.31. The highest BCUT2D eigenvalue weighted by Crippen LogP contribution is 2.33. The van der Waals surface area contributed by atoms with Crippen LogP contribution in [0.1, 0.15) is 41.5 Å². The lowest BCUT2D eigenvalue weighted by molar-refractivity contribution is -0.0512. The van der Waals surface area contributed by atoms with Crippen LogP contribution in [-0.4, -0.2) is 25.9 Å². The molecule has 4 nitrogen and oxygen atoms in total. The number of methoxy groups -OCH3 is 1. The van der Waals surface area contributed by atoms with Crippen LogP contribution >= 0.6 is 0 Å². The summed E-state index contributed by atoms with van der Waals surface area (Å²) in [6.07, 6.45) is 3.82. The van der Waals surface area contributed by atoms with E-state index < -0.39 is 0 Å². The first-order valence-corrected chi connectivity index (χ1v) is 13.9. The molecule has 0 aliphatic heterocycles. The molecule has 1 saturated carbocycles. The van der Waals surface area contributed by atoms with E-state index in [0.29, 0.717) is 25.7 Å². The number of hydrogen-bond donors (Lipinski definition) is 0. The van der Waals surface area contributed by atoms with E-state index in [1.807, 2.05) is 24.3 Å². The van der Waals surface area contributed by atoms with Gasteiger partial charge in [0.2, 0.25) is 0 Å². The Hall–Kier alpha value is -3.60. The van der Waals surface area contributed by atoms with Crippen LogP contribution in [0.4, 0.5) is 0 Å². The van der Waals surface area contributed by atoms with Crippen LogP contribution in [0.15, 0.2) is 109 Å². The molecule has 4 heteroatoms. The van der Waals surface area contributed by atoms with E-state index in [9.17, 15) is 0 Å². The van der Waals surface area contributed by atoms with Gasteiger partial charge in [-0.3, -0.25) is 0 Å². The maximum atomic E-state index is 6.72. The Bertz CT molecular complexity index is 1260. The number of rotatable bonds is 12. The summed E-state index contributed by atoms with van der Waals surface area (Å²) in [6, 6.07) is 37.4. The molecule has 1 aliphatic carbocycles. The van der Waals surface area contributed by atoms with Crippen molar-refractivity contribution in [1.82, 2.24) is 0 Å². The second kappa shape index (κ2) is 14.0. The lowest BCUT2D eigenvalue weighted by atomic mass is 9.85. The average Bonchev–Trinajstić information content (AvgIpc) is 2.98. The number of para-hydroxylation sites is 1. The molecule has 0 saturated heterocycles. The normalized spacial score (nSPS) is 18.9. The molecule has 0 bridgehead atoms. The van der Waals surface area contributed by atoms with E-state index in [-0.39, 0.29) is 12.2 Å². The van der Waals surface area contributed by atoms with Gasteiger partial charge in [0.05, 0.1) is 33.0 Å². The number of ether oxygens (including phenoxy) is 4. The van der Waals surface area contributed by atoms with Crippen molar-refractivity contribution < 1.29 is 18.9 Å². The van der Waals surface area contributed by atoms with Gasteiger partial charge in [0.25, 0.3) is 0 Å². The zero-order chi connectivity index (χ0) is 26.7. The summed E-state index contributed by atoms with van der Waals surface area (Å²) < 4.78 is 24.6. The SMILES string of the molecule is COc1ccc(Cc2ccccc2OC2CC(COCc3ccccc3)CC(OCc3ccccc3)C2)cc1. The van der Waals surface area contributed by atoms with Gasteiger partial charge in [0.1, 0.15) is 17.6 Å². The average molecular weight is 523 g/mol. The van der Waals surface area contributed by atoms with Gasteiger partial charge in [-0.25, -0.2) is 0 Å². The van der Waals surface area contributed by atoms with E-state index in [4.69, 9.17) is 18.9 Å². The number of hydrogen-bond acceptors (Lipinski definition) is 4. The second-order valence-corrected chi connectivity index (χ2v) is 10.4. The van der Waals surface area contributed by atoms with Gasteiger partial charge >= 0.3 is 0 Å². The minimum Gasteiger partial charge on any atom is -0.497 e.